The van der Waals surface area contributed by atoms with Crippen molar-refractivity contribution in [2.24, 2.45) is 0 Å². The largest absolute Gasteiger partial charge is 0.312 e. The Kier molecular flexibility index (Phi) is 6.48. The number of aromatic nitrogens is 1. The van der Waals surface area contributed by atoms with Gasteiger partial charge in [0.15, 0.2) is 0 Å². The number of hydrogen-bond donors (Lipinski definition) is 0. The van der Waals surface area contributed by atoms with Crippen LogP contribution < -0.4 is 0 Å². The second kappa shape index (κ2) is 10.3. The van der Waals surface area contributed by atoms with Crippen LogP contribution in [0.5, 0.6) is 0 Å². The number of fused-ring (bicyclic) bond motifs is 5. The lowest BCUT2D eigenvalue weighted by Crippen LogP contribution is -2.17. The fourth-order valence-electron chi connectivity index (χ4n) is 8.41. The summed E-state index contributed by atoms with van der Waals surface area (Å²) in [5.74, 6) is 0. The van der Waals surface area contributed by atoms with Crippen molar-refractivity contribution in [3.8, 4) is 16.8 Å². The average Bonchev–Trinajstić information content (AvgIpc) is 3.28. The van der Waals surface area contributed by atoms with Gasteiger partial charge < -0.3 is 4.57 Å². The van der Waals surface area contributed by atoms with Crippen LogP contribution in [0, 0.1) is 13.8 Å². The Morgan fingerprint density at radius 3 is 1.34 bits per heavy atom. The Bertz CT molecular complexity index is 2470. The Labute approximate surface area is 278 Å². The highest BCUT2D eigenvalue weighted by Crippen LogP contribution is 2.47. The molecule has 0 aliphatic heterocycles. The van der Waals surface area contributed by atoms with Crippen LogP contribution in [-0.2, 0) is 10.8 Å². The molecule has 0 N–H and O–H groups in total. The normalized spacial score (nSPS) is 12.7. The lowest BCUT2D eigenvalue weighted by molar-refractivity contribution is 0.593. The maximum atomic E-state index is 2.57. The first-order valence-corrected chi connectivity index (χ1v) is 17.0. The number of nitrogens with zero attached hydrogens (tertiary/aromatic N) is 1. The number of benzene rings is 7. The first kappa shape index (κ1) is 29.5. The summed E-state index contributed by atoms with van der Waals surface area (Å²) in [5.41, 5.74) is 10.5. The molecule has 0 saturated carbocycles. The van der Waals surface area contributed by atoms with E-state index in [0.29, 0.717) is 0 Å². The molecule has 47 heavy (non-hydrogen) atoms. The molecule has 7 aromatic carbocycles. The van der Waals surface area contributed by atoms with Crippen molar-refractivity contribution in [3.63, 3.8) is 0 Å². The molecule has 8 rings (SSSR count). The summed E-state index contributed by atoms with van der Waals surface area (Å²) >= 11 is 0. The van der Waals surface area contributed by atoms with Crippen LogP contribution in [0.2, 0.25) is 0 Å². The van der Waals surface area contributed by atoms with E-state index in [1.807, 2.05) is 0 Å². The fraction of sp³-hybridized carbons (Fsp3) is 0.217. The molecule has 0 fully saturated rings. The van der Waals surface area contributed by atoms with Crippen molar-refractivity contribution in [2.45, 2.75) is 66.2 Å². The van der Waals surface area contributed by atoms with Gasteiger partial charge in [-0.1, -0.05) is 145 Å². The Morgan fingerprint density at radius 1 is 0.426 bits per heavy atom. The third-order valence-electron chi connectivity index (χ3n) is 10.4. The van der Waals surface area contributed by atoms with Gasteiger partial charge in [0.1, 0.15) is 0 Å². The molecule has 1 aromatic heterocycles. The minimum atomic E-state index is -0.0415. The van der Waals surface area contributed by atoms with Gasteiger partial charge in [0.05, 0.1) is 11.2 Å². The highest BCUT2D eigenvalue weighted by atomic mass is 15.0. The molecule has 0 radical (unpaired) electrons. The molecule has 0 atom stereocenters. The molecule has 0 spiro atoms. The molecule has 1 heterocycles. The SMILES string of the molecule is Cc1c(C)n(-c2c3ccccc3c(-c3ccccc3)c3ccccc23)c2cc3c(C(C)(C)C)c4ccccc4c(C(C)(C)C)c3cc12. The van der Waals surface area contributed by atoms with Crippen LogP contribution in [0.4, 0.5) is 0 Å². The fourth-order valence-corrected chi connectivity index (χ4v) is 8.41. The van der Waals surface area contributed by atoms with E-state index in [4.69, 9.17) is 0 Å². The van der Waals surface area contributed by atoms with Crippen LogP contribution in [0.3, 0.4) is 0 Å². The third-order valence-corrected chi connectivity index (χ3v) is 10.4. The number of rotatable bonds is 2. The van der Waals surface area contributed by atoms with E-state index in [1.165, 1.54) is 93.2 Å². The van der Waals surface area contributed by atoms with Crippen LogP contribution in [0.1, 0.15) is 63.9 Å². The Morgan fingerprint density at radius 2 is 0.851 bits per heavy atom. The summed E-state index contributed by atoms with van der Waals surface area (Å²) in [6.45, 7) is 18.8. The third kappa shape index (κ3) is 4.36. The molecule has 0 unspecified atom stereocenters. The predicted octanol–water partition coefficient (Wildman–Crippen LogP) is 13.1. The molecule has 0 aliphatic carbocycles. The van der Waals surface area contributed by atoms with Crippen molar-refractivity contribution in [1.29, 1.82) is 0 Å². The lowest BCUT2D eigenvalue weighted by Gasteiger charge is -2.30. The molecule has 0 saturated heterocycles. The van der Waals surface area contributed by atoms with Gasteiger partial charge >= 0.3 is 0 Å². The maximum absolute atomic E-state index is 2.57. The zero-order valence-electron chi connectivity index (χ0n) is 28.9. The average molecular weight is 610 g/mol. The minimum absolute atomic E-state index is 0.0207. The van der Waals surface area contributed by atoms with Crippen LogP contribution in [0.25, 0.3) is 70.8 Å². The summed E-state index contributed by atoms with van der Waals surface area (Å²) in [6.07, 6.45) is 0. The Balaban J connectivity index is 1.60. The van der Waals surface area contributed by atoms with Crippen molar-refractivity contribution in [3.05, 3.63) is 138 Å². The van der Waals surface area contributed by atoms with Crippen LogP contribution in [-0.4, -0.2) is 4.57 Å². The molecular formula is C46H43N. The van der Waals surface area contributed by atoms with Gasteiger partial charge in [0.2, 0.25) is 0 Å². The van der Waals surface area contributed by atoms with Gasteiger partial charge in [-0.15, -0.1) is 0 Å². The standard InChI is InChI=1S/C46H43N/c1-28-29(2)47(44-35-24-16-12-20-31(35)41(30-18-10-9-11-19-30)32-21-13-17-25-36(32)44)40-27-39-38(26-37(28)40)42(45(3,4)5)33-22-14-15-23-34(33)43(39)46(6,7)8/h9-27H,1-8H3. The number of aryl methyl sites for hydroxylation is 1. The van der Waals surface area contributed by atoms with Crippen molar-refractivity contribution >= 4 is 54.0 Å². The first-order chi connectivity index (χ1) is 22.5. The molecule has 1 nitrogen and oxygen atoms in total. The van der Waals surface area contributed by atoms with E-state index < -0.39 is 0 Å². The zero-order valence-corrected chi connectivity index (χ0v) is 28.9. The molecule has 0 amide bonds. The number of hydrogen-bond acceptors (Lipinski definition) is 0. The van der Waals surface area contributed by atoms with E-state index in [1.54, 1.807) is 0 Å². The van der Waals surface area contributed by atoms with E-state index in [0.717, 1.165) is 0 Å². The molecule has 0 bridgehead atoms. The topological polar surface area (TPSA) is 4.93 Å². The van der Waals surface area contributed by atoms with E-state index in [9.17, 15) is 0 Å². The zero-order chi connectivity index (χ0) is 32.8. The van der Waals surface area contributed by atoms with Crippen molar-refractivity contribution in [1.82, 2.24) is 4.57 Å². The second-order valence-corrected chi connectivity index (χ2v) is 15.4. The smallest absolute Gasteiger partial charge is 0.0615 e. The molecule has 1 heteroatoms. The van der Waals surface area contributed by atoms with E-state index >= 15 is 0 Å². The summed E-state index contributed by atoms with van der Waals surface area (Å²) in [6, 6.07) is 43.0. The van der Waals surface area contributed by atoms with Gasteiger partial charge in [-0.25, -0.2) is 0 Å². The van der Waals surface area contributed by atoms with Crippen molar-refractivity contribution in [2.75, 3.05) is 0 Å². The first-order valence-electron chi connectivity index (χ1n) is 17.0. The highest BCUT2D eigenvalue weighted by molar-refractivity contribution is 6.19. The monoisotopic (exact) mass is 609 g/mol. The van der Waals surface area contributed by atoms with Gasteiger partial charge in [0, 0.05) is 21.9 Å². The van der Waals surface area contributed by atoms with Crippen LogP contribution in [0.15, 0.2) is 115 Å². The molecule has 8 aromatic rings. The quantitative estimate of drug-likeness (QED) is 0.172. The van der Waals surface area contributed by atoms with Crippen LogP contribution >= 0.6 is 0 Å². The van der Waals surface area contributed by atoms with Gasteiger partial charge in [-0.05, 0) is 96.9 Å². The Hall–Kier alpha value is -4.88. The van der Waals surface area contributed by atoms with Gasteiger partial charge in [-0.3, -0.25) is 0 Å². The van der Waals surface area contributed by atoms with E-state index in [2.05, 4.69) is 175 Å². The van der Waals surface area contributed by atoms with Gasteiger partial charge in [-0.2, -0.15) is 0 Å². The molecular weight excluding hydrogens is 567 g/mol. The summed E-state index contributed by atoms with van der Waals surface area (Å²) in [7, 11) is 0. The molecule has 232 valence electrons. The van der Waals surface area contributed by atoms with Gasteiger partial charge in [0.25, 0.3) is 0 Å². The summed E-state index contributed by atoms with van der Waals surface area (Å²) < 4.78 is 2.57. The summed E-state index contributed by atoms with van der Waals surface area (Å²) in [4.78, 5) is 0. The lowest BCUT2D eigenvalue weighted by atomic mass is 9.74. The maximum Gasteiger partial charge on any atom is 0.0615 e. The highest BCUT2D eigenvalue weighted by Gasteiger charge is 2.29. The second-order valence-electron chi connectivity index (χ2n) is 15.4. The van der Waals surface area contributed by atoms with Crippen molar-refractivity contribution < 1.29 is 0 Å². The van der Waals surface area contributed by atoms with E-state index in [-0.39, 0.29) is 10.8 Å². The minimum Gasteiger partial charge on any atom is -0.312 e. The predicted molar refractivity (Wildman–Crippen MR) is 206 cm³/mol. The molecule has 0 aliphatic rings. The summed E-state index contributed by atoms with van der Waals surface area (Å²) in [5, 5.41) is 11.9.